The van der Waals surface area contributed by atoms with E-state index in [4.69, 9.17) is 0 Å². The van der Waals surface area contributed by atoms with Gasteiger partial charge in [0.1, 0.15) is 0 Å². The zero-order valence-electron chi connectivity index (χ0n) is 18.4. The van der Waals surface area contributed by atoms with Crippen LogP contribution in [0.15, 0.2) is 29.4 Å². The van der Waals surface area contributed by atoms with Crippen LogP contribution in [0.25, 0.3) is 0 Å². The number of hydrogen-bond acceptors (Lipinski definition) is 4. The molecule has 0 atom stereocenters. The maximum atomic E-state index is 13.1. The van der Waals surface area contributed by atoms with Crippen molar-refractivity contribution in [1.82, 2.24) is 14.6 Å². The zero-order chi connectivity index (χ0) is 22.1. The minimum absolute atomic E-state index is 0.00767. The van der Waals surface area contributed by atoms with Crippen LogP contribution in [-0.4, -0.2) is 43.8 Å². The van der Waals surface area contributed by atoms with E-state index in [1.807, 2.05) is 39.5 Å². The minimum Gasteiger partial charge on any atom is -0.339 e. The zero-order valence-corrected chi connectivity index (χ0v) is 19.3. The summed E-state index contributed by atoms with van der Waals surface area (Å²) >= 11 is 0. The van der Waals surface area contributed by atoms with Crippen molar-refractivity contribution in [3.63, 3.8) is 0 Å². The molecular formula is C23H31N3O3S. The second-order valence-electron chi connectivity index (χ2n) is 8.28. The molecule has 0 aliphatic carbocycles. The van der Waals surface area contributed by atoms with Crippen LogP contribution in [0.2, 0.25) is 0 Å². The summed E-state index contributed by atoms with van der Waals surface area (Å²) in [5.74, 6) is 0.225. The minimum atomic E-state index is -3.59. The summed E-state index contributed by atoms with van der Waals surface area (Å²) < 4.78 is 29.1. The lowest BCUT2D eigenvalue weighted by Crippen LogP contribution is -2.41. The molecule has 3 rings (SSSR count). The van der Waals surface area contributed by atoms with Gasteiger partial charge in [-0.2, -0.15) is 0 Å². The smallest absolute Gasteiger partial charge is 0.253 e. The number of aromatic nitrogens is 1. The molecule has 6 nitrogen and oxygen atoms in total. The van der Waals surface area contributed by atoms with E-state index in [-0.39, 0.29) is 11.8 Å². The van der Waals surface area contributed by atoms with Crippen molar-refractivity contribution in [2.24, 2.45) is 5.92 Å². The van der Waals surface area contributed by atoms with Gasteiger partial charge in [-0.25, -0.2) is 13.1 Å². The number of carbonyl (C=O) groups is 1. The molecule has 162 valence electrons. The lowest BCUT2D eigenvalue weighted by molar-refractivity contribution is 0.0692. The van der Waals surface area contributed by atoms with E-state index >= 15 is 0 Å². The van der Waals surface area contributed by atoms with E-state index in [0.29, 0.717) is 30.1 Å². The van der Waals surface area contributed by atoms with Gasteiger partial charge in [0.25, 0.3) is 5.91 Å². The van der Waals surface area contributed by atoms with Crippen molar-refractivity contribution in [1.29, 1.82) is 0 Å². The molecule has 1 saturated heterocycles. The highest BCUT2D eigenvalue weighted by atomic mass is 32.2. The van der Waals surface area contributed by atoms with E-state index in [0.717, 1.165) is 40.7 Å². The lowest BCUT2D eigenvalue weighted by Gasteiger charge is -2.32. The third kappa shape index (κ3) is 4.42. The van der Waals surface area contributed by atoms with Gasteiger partial charge in [-0.1, -0.05) is 0 Å². The Hall–Kier alpha value is -2.25. The molecule has 1 aliphatic rings. The van der Waals surface area contributed by atoms with Crippen molar-refractivity contribution in [2.45, 2.75) is 52.4 Å². The first kappa shape index (κ1) is 22.4. The first-order chi connectivity index (χ1) is 14.1. The Morgan fingerprint density at radius 1 is 0.967 bits per heavy atom. The van der Waals surface area contributed by atoms with Crippen LogP contribution in [0, 0.1) is 40.5 Å². The molecular weight excluding hydrogens is 398 g/mol. The number of piperidine rings is 1. The summed E-state index contributed by atoms with van der Waals surface area (Å²) in [5, 5.41) is 0. The maximum absolute atomic E-state index is 13.1. The van der Waals surface area contributed by atoms with Crippen LogP contribution in [0.5, 0.6) is 0 Å². The van der Waals surface area contributed by atoms with Crippen LogP contribution in [0.1, 0.15) is 51.0 Å². The van der Waals surface area contributed by atoms with Gasteiger partial charge in [0.15, 0.2) is 0 Å². The van der Waals surface area contributed by atoms with E-state index in [2.05, 4.69) is 9.71 Å². The van der Waals surface area contributed by atoms with Crippen molar-refractivity contribution in [2.75, 3.05) is 19.6 Å². The number of amides is 1. The number of rotatable bonds is 5. The van der Waals surface area contributed by atoms with Gasteiger partial charge in [-0.15, -0.1) is 0 Å². The number of pyridine rings is 1. The van der Waals surface area contributed by atoms with Crippen LogP contribution in [-0.2, 0) is 10.0 Å². The van der Waals surface area contributed by atoms with E-state index in [1.54, 1.807) is 24.5 Å². The molecule has 0 bridgehead atoms. The van der Waals surface area contributed by atoms with Crippen LogP contribution < -0.4 is 4.72 Å². The first-order valence-corrected chi connectivity index (χ1v) is 11.9. The summed E-state index contributed by atoms with van der Waals surface area (Å²) in [5.41, 5.74) is 5.49. The molecule has 0 radical (unpaired) electrons. The highest BCUT2D eigenvalue weighted by Gasteiger charge is 2.27. The van der Waals surface area contributed by atoms with Gasteiger partial charge in [0.05, 0.1) is 4.90 Å². The van der Waals surface area contributed by atoms with Gasteiger partial charge in [0.2, 0.25) is 10.0 Å². The van der Waals surface area contributed by atoms with E-state index < -0.39 is 10.0 Å². The molecule has 1 aromatic carbocycles. The number of hydrogen-bond donors (Lipinski definition) is 1. The fourth-order valence-electron chi connectivity index (χ4n) is 4.19. The summed E-state index contributed by atoms with van der Waals surface area (Å²) in [6, 6.07) is 3.44. The standard InChI is InChI=1S/C23H31N3O3S/c1-15-16(2)18(4)22(19(5)17(15)3)30(28,29)25-14-20-8-12-26(13-9-20)23(27)21-6-10-24-11-7-21/h6-7,10-11,20,25H,8-9,12-14H2,1-5H3. The van der Waals surface area contributed by atoms with Gasteiger partial charge >= 0.3 is 0 Å². The third-order valence-electron chi connectivity index (χ3n) is 6.59. The first-order valence-electron chi connectivity index (χ1n) is 10.4. The average molecular weight is 430 g/mol. The third-order valence-corrected chi connectivity index (χ3v) is 8.29. The fourth-order valence-corrected chi connectivity index (χ4v) is 5.90. The monoisotopic (exact) mass is 429 g/mol. The molecule has 1 amide bonds. The highest BCUT2D eigenvalue weighted by Crippen LogP contribution is 2.29. The number of benzene rings is 1. The summed E-state index contributed by atoms with van der Waals surface area (Å²) in [7, 11) is -3.59. The lowest BCUT2D eigenvalue weighted by atomic mass is 9.95. The van der Waals surface area contributed by atoms with E-state index in [9.17, 15) is 13.2 Å². The molecule has 0 saturated carbocycles. The molecule has 1 aliphatic heterocycles. The number of sulfonamides is 1. The number of nitrogens with one attached hydrogen (secondary N) is 1. The summed E-state index contributed by atoms with van der Waals surface area (Å²) in [6.07, 6.45) is 4.80. The number of likely N-dealkylation sites (tertiary alicyclic amines) is 1. The average Bonchev–Trinajstić information content (AvgIpc) is 2.75. The van der Waals surface area contributed by atoms with Crippen LogP contribution >= 0.6 is 0 Å². The second-order valence-corrected chi connectivity index (χ2v) is 9.98. The summed E-state index contributed by atoms with van der Waals surface area (Å²) in [4.78, 5) is 18.8. The molecule has 1 fully saturated rings. The Kier molecular flexibility index (Phi) is 6.62. The SMILES string of the molecule is Cc1c(C)c(C)c(S(=O)(=O)NCC2CCN(C(=O)c3ccncc3)CC2)c(C)c1C. The maximum Gasteiger partial charge on any atom is 0.253 e. The topological polar surface area (TPSA) is 79.4 Å². The molecule has 2 heterocycles. The van der Waals surface area contributed by atoms with Crippen molar-refractivity contribution in [3.8, 4) is 0 Å². The van der Waals surface area contributed by atoms with Crippen molar-refractivity contribution >= 4 is 15.9 Å². The Labute approximate surface area is 179 Å². The largest absolute Gasteiger partial charge is 0.339 e. The molecule has 1 aromatic heterocycles. The molecule has 1 N–H and O–H groups in total. The Bertz CT molecular complexity index is 1010. The quantitative estimate of drug-likeness (QED) is 0.789. The highest BCUT2D eigenvalue weighted by molar-refractivity contribution is 7.89. The van der Waals surface area contributed by atoms with Crippen molar-refractivity contribution < 1.29 is 13.2 Å². The predicted molar refractivity (Wildman–Crippen MR) is 118 cm³/mol. The number of nitrogens with zero attached hydrogens (tertiary/aromatic N) is 2. The number of carbonyl (C=O) groups excluding carboxylic acids is 1. The summed E-state index contributed by atoms with van der Waals surface area (Å²) in [6.45, 7) is 11.4. The molecule has 0 spiro atoms. The molecule has 30 heavy (non-hydrogen) atoms. The Balaban J connectivity index is 1.64. The molecule has 2 aromatic rings. The molecule has 0 unspecified atom stereocenters. The van der Waals surface area contributed by atoms with Gasteiger partial charge < -0.3 is 4.90 Å². The normalized spacial score (nSPS) is 15.4. The predicted octanol–water partition coefficient (Wildman–Crippen LogP) is 3.45. The van der Waals surface area contributed by atoms with Crippen LogP contribution in [0.4, 0.5) is 0 Å². The van der Waals surface area contributed by atoms with Crippen LogP contribution in [0.3, 0.4) is 0 Å². The molecule has 7 heteroatoms. The fraction of sp³-hybridized carbons (Fsp3) is 0.478. The van der Waals surface area contributed by atoms with Gasteiger partial charge in [-0.3, -0.25) is 9.78 Å². The Morgan fingerprint density at radius 3 is 2.00 bits per heavy atom. The Morgan fingerprint density at radius 2 is 1.47 bits per heavy atom. The second kappa shape index (κ2) is 8.86. The van der Waals surface area contributed by atoms with Gasteiger partial charge in [0, 0.05) is 37.6 Å². The van der Waals surface area contributed by atoms with Gasteiger partial charge in [-0.05, 0) is 93.3 Å². The van der Waals surface area contributed by atoms with Crippen molar-refractivity contribution in [3.05, 3.63) is 57.9 Å². The van der Waals surface area contributed by atoms with E-state index in [1.165, 1.54) is 0 Å².